The van der Waals surface area contributed by atoms with Crippen molar-refractivity contribution in [3.63, 3.8) is 0 Å². The molecule has 184 valence electrons. The van der Waals surface area contributed by atoms with E-state index >= 15 is 0 Å². The van der Waals surface area contributed by atoms with E-state index in [0.29, 0.717) is 17.0 Å². The van der Waals surface area contributed by atoms with Gasteiger partial charge in [0.1, 0.15) is 6.61 Å². The minimum atomic E-state index is -4.46. The van der Waals surface area contributed by atoms with Gasteiger partial charge in [-0.2, -0.15) is 13.2 Å². The Hall–Kier alpha value is -3.28. The minimum absolute atomic E-state index is 0.0165. The van der Waals surface area contributed by atoms with Crippen LogP contribution in [0.1, 0.15) is 64.8 Å². The van der Waals surface area contributed by atoms with Crippen LogP contribution in [0.2, 0.25) is 0 Å². The van der Waals surface area contributed by atoms with Gasteiger partial charge >= 0.3 is 12.3 Å². The number of ether oxygens (including phenoxy) is 1. The summed E-state index contributed by atoms with van der Waals surface area (Å²) in [5.41, 5.74) is 6.61. The van der Waals surface area contributed by atoms with Crippen LogP contribution in [0.25, 0.3) is 11.1 Å². The fraction of sp³-hybridized carbons (Fsp3) is 0.345. The molecule has 1 saturated heterocycles. The molecule has 0 radical (unpaired) electrons. The lowest BCUT2D eigenvalue weighted by Gasteiger charge is -2.25. The van der Waals surface area contributed by atoms with Gasteiger partial charge in [0.05, 0.1) is 18.2 Å². The molecule has 0 aromatic heterocycles. The standard InChI is InChI=1S/C29H30F3NO2/c1-17(2)21-8-7-20(5)26(14-21)25-9-6-18(3)10-23(25)15-33-27(16-35-28(33)34)22-11-19(4)12-24(13-22)29(30,31)32/h6-14,17,27H,15-16H2,1-5H3. The van der Waals surface area contributed by atoms with E-state index in [1.807, 2.05) is 19.1 Å². The average molecular weight is 482 g/mol. The van der Waals surface area contributed by atoms with Gasteiger partial charge < -0.3 is 4.74 Å². The molecule has 1 amide bonds. The Morgan fingerprint density at radius 3 is 2.37 bits per heavy atom. The summed E-state index contributed by atoms with van der Waals surface area (Å²) >= 11 is 0. The molecule has 0 aliphatic carbocycles. The summed E-state index contributed by atoms with van der Waals surface area (Å²) in [6.45, 7) is 10.2. The number of hydrogen-bond acceptors (Lipinski definition) is 2. The third kappa shape index (κ3) is 5.21. The topological polar surface area (TPSA) is 29.5 Å². The highest BCUT2D eigenvalue weighted by Crippen LogP contribution is 2.37. The highest BCUT2D eigenvalue weighted by Gasteiger charge is 2.37. The minimum Gasteiger partial charge on any atom is -0.447 e. The summed E-state index contributed by atoms with van der Waals surface area (Å²) in [6.07, 6.45) is -4.98. The second kappa shape index (κ2) is 9.40. The van der Waals surface area contributed by atoms with Gasteiger partial charge in [-0.05, 0) is 72.2 Å². The number of halogens is 3. The third-order valence-corrected chi connectivity index (χ3v) is 6.61. The Bertz CT molecular complexity index is 1260. The van der Waals surface area contributed by atoms with Gasteiger partial charge in [0.25, 0.3) is 0 Å². The fourth-order valence-corrected chi connectivity index (χ4v) is 4.66. The van der Waals surface area contributed by atoms with E-state index in [1.165, 1.54) is 10.5 Å². The average Bonchev–Trinajstić information content (AvgIpc) is 3.13. The molecule has 1 unspecified atom stereocenters. The summed E-state index contributed by atoms with van der Waals surface area (Å²) in [7, 11) is 0. The highest BCUT2D eigenvalue weighted by atomic mass is 19.4. The number of cyclic esters (lactones) is 1. The molecule has 0 bridgehead atoms. The Morgan fingerprint density at radius 2 is 1.69 bits per heavy atom. The van der Waals surface area contributed by atoms with Gasteiger partial charge in [0, 0.05) is 0 Å². The zero-order valence-electron chi connectivity index (χ0n) is 20.7. The lowest BCUT2D eigenvalue weighted by molar-refractivity contribution is -0.137. The van der Waals surface area contributed by atoms with E-state index in [2.05, 4.69) is 45.0 Å². The van der Waals surface area contributed by atoms with Crippen LogP contribution in [0.3, 0.4) is 0 Å². The Balaban J connectivity index is 1.75. The Kier molecular flexibility index (Phi) is 6.67. The van der Waals surface area contributed by atoms with Crippen LogP contribution in [-0.4, -0.2) is 17.6 Å². The lowest BCUT2D eigenvalue weighted by Crippen LogP contribution is -2.27. The summed E-state index contributed by atoms with van der Waals surface area (Å²) in [4.78, 5) is 14.3. The predicted molar refractivity (Wildman–Crippen MR) is 131 cm³/mol. The molecule has 1 fully saturated rings. The monoisotopic (exact) mass is 481 g/mol. The van der Waals surface area contributed by atoms with Gasteiger partial charge in [-0.1, -0.05) is 67.4 Å². The molecule has 3 aromatic rings. The van der Waals surface area contributed by atoms with E-state index in [9.17, 15) is 18.0 Å². The molecule has 3 aromatic carbocycles. The normalized spacial score (nSPS) is 16.2. The van der Waals surface area contributed by atoms with Gasteiger partial charge in [0.2, 0.25) is 0 Å². The SMILES string of the molecule is Cc1cc(C2COC(=O)N2Cc2cc(C)ccc2-c2cc(C(C)C)ccc2C)cc(C(F)(F)F)c1. The zero-order chi connectivity index (χ0) is 25.5. The number of amides is 1. The van der Waals surface area contributed by atoms with Crippen molar-refractivity contribution in [1.82, 2.24) is 4.90 Å². The quantitative estimate of drug-likeness (QED) is 0.368. The molecule has 0 saturated carbocycles. The molecule has 1 aliphatic rings. The maximum absolute atomic E-state index is 13.5. The molecule has 35 heavy (non-hydrogen) atoms. The molecular weight excluding hydrogens is 451 g/mol. The van der Waals surface area contributed by atoms with E-state index in [0.717, 1.165) is 39.9 Å². The largest absolute Gasteiger partial charge is 0.447 e. The van der Waals surface area contributed by atoms with Crippen LogP contribution in [0.15, 0.2) is 54.6 Å². The van der Waals surface area contributed by atoms with Crippen molar-refractivity contribution in [2.24, 2.45) is 0 Å². The predicted octanol–water partition coefficient (Wildman–Crippen LogP) is 8.11. The number of aryl methyl sites for hydroxylation is 3. The van der Waals surface area contributed by atoms with Crippen molar-refractivity contribution >= 4 is 6.09 Å². The van der Waals surface area contributed by atoms with Crippen molar-refractivity contribution in [2.75, 3.05) is 6.61 Å². The first-order chi connectivity index (χ1) is 16.4. The third-order valence-electron chi connectivity index (χ3n) is 6.61. The van der Waals surface area contributed by atoms with E-state index in [4.69, 9.17) is 4.74 Å². The first-order valence-corrected chi connectivity index (χ1v) is 11.8. The number of hydrogen-bond donors (Lipinski definition) is 0. The molecule has 6 heteroatoms. The lowest BCUT2D eigenvalue weighted by atomic mass is 9.90. The van der Waals surface area contributed by atoms with Gasteiger partial charge in [-0.3, -0.25) is 4.90 Å². The van der Waals surface area contributed by atoms with Crippen molar-refractivity contribution in [3.05, 3.63) is 93.5 Å². The number of nitrogens with zero attached hydrogens (tertiary/aromatic N) is 1. The van der Waals surface area contributed by atoms with Crippen molar-refractivity contribution in [1.29, 1.82) is 0 Å². The number of carbonyl (C=O) groups excluding carboxylic acids is 1. The molecule has 1 atom stereocenters. The summed E-state index contributed by atoms with van der Waals surface area (Å²) in [5, 5.41) is 0. The molecule has 3 nitrogen and oxygen atoms in total. The zero-order valence-corrected chi connectivity index (χ0v) is 20.7. The van der Waals surface area contributed by atoms with Crippen LogP contribution >= 0.6 is 0 Å². The summed E-state index contributed by atoms with van der Waals surface area (Å²) < 4.78 is 45.7. The van der Waals surface area contributed by atoms with Crippen LogP contribution in [-0.2, 0) is 17.5 Å². The Labute approximate surface area is 204 Å². The summed E-state index contributed by atoms with van der Waals surface area (Å²) in [5.74, 6) is 0.366. The molecule has 4 rings (SSSR count). The number of benzene rings is 3. The number of carbonyl (C=O) groups is 1. The van der Waals surface area contributed by atoms with Crippen LogP contribution in [0.5, 0.6) is 0 Å². The van der Waals surface area contributed by atoms with E-state index in [1.54, 1.807) is 13.0 Å². The van der Waals surface area contributed by atoms with Gasteiger partial charge in [-0.15, -0.1) is 0 Å². The second-order valence-corrected chi connectivity index (χ2v) is 9.74. The fourth-order valence-electron chi connectivity index (χ4n) is 4.66. The second-order valence-electron chi connectivity index (χ2n) is 9.74. The van der Waals surface area contributed by atoms with Crippen LogP contribution in [0, 0.1) is 20.8 Å². The van der Waals surface area contributed by atoms with Gasteiger partial charge in [-0.25, -0.2) is 4.79 Å². The molecule has 1 heterocycles. The smallest absolute Gasteiger partial charge is 0.416 e. The molecule has 0 N–H and O–H groups in total. The Morgan fingerprint density at radius 1 is 0.943 bits per heavy atom. The van der Waals surface area contributed by atoms with Crippen molar-refractivity contribution in [2.45, 2.75) is 59.3 Å². The first-order valence-electron chi connectivity index (χ1n) is 11.8. The van der Waals surface area contributed by atoms with Crippen LogP contribution in [0.4, 0.5) is 18.0 Å². The number of alkyl halides is 3. The van der Waals surface area contributed by atoms with Crippen LogP contribution < -0.4 is 0 Å². The van der Waals surface area contributed by atoms with Crippen molar-refractivity contribution < 1.29 is 22.7 Å². The first kappa shape index (κ1) is 24.8. The summed E-state index contributed by atoms with van der Waals surface area (Å²) in [6, 6.07) is 15.9. The van der Waals surface area contributed by atoms with Gasteiger partial charge in [0.15, 0.2) is 0 Å². The van der Waals surface area contributed by atoms with E-state index in [-0.39, 0.29) is 13.2 Å². The van der Waals surface area contributed by atoms with Crippen molar-refractivity contribution in [3.8, 4) is 11.1 Å². The highest BCUT2D eigenvalue weighted by molar-refractivity contribution is 5.74. The molecule has 1 aliphatic heterocycles. The maximum Gasteiger partial charge on any atom is 0.416 e. The number of rotatable bonds is 5. The molecular formula is C29H30F3NO2. The molecule has 0 spiro atoms. The maximum atomic E-state index is 13.5. The van der Waals surface area contributed by atoms with E-state index < -0.39 is 23.9 Å².